The average Bonchev–Trinajstić information content (AvgIpc) is 3.21. The molecule has 2 aromatic carbocycles. The van der Waals surface area contributed by atoms with Crippen molar-refractivity contribution < 1.29 is 30.8 Å². The van der Waals surface area contributed by atoms with Gasteiger partial charge in [0.15, 0.2) is 0 Å². The minimum Gasteiger partial charge on any atom is -0.347 e. The summed E-state index contributed by atoms with van der Waals surface area (Å²) in [4.78, 5) is 15.5. The lowest BCUT2D eigenvalue weighted by molar-refractivity contribution is -0.140. The van der Waals surface area contributed by atoms with Gasteiger partial charge in [-0.15, -0.1) is 11.3 Å². The number of hydrogen-bond acceptors (Lipinski definition) is 5. The Balaban J connectivity index is 1.52. The lowest BCUT2D eigenvalue weighted by atomic mass is 10.2. The van der Waals surface area contributed by atoms with Crippen LogP contribution in [0.15, 0.2) is 76.8 Å². The number of thiophene rings is 1. The third-order valence-electron chi connectivity index (χ3n) is 4.77. The number of halogens is 4. The number of pyridine rings is 1. The lowest BCUT2D eigenvalue weighted by Crippen LogP contribution is -2.21. The summed E-state index contributed by atoms with van der Waals surface area (Å²) >= 11 is 1.28. The lowest BCUT2D eigenvalue weighted by Gasteiger charge is -2.14. The number of fused-ring (bicyclic) bond motifs is 1. The van der Waals surface area contributed by atoms with E-state index in [4.69, 9.17) is 0 Å². The highest BCUT2D eigenvalue weighted by molar-refractivity contribution is 7.91. The standard InChI is InChI=1S/C22H14F4N2O3S2/c23-15-3-6-20(17(10-15)22(24,25)26)33(30,31)16-4-1-13(2-5-16)11-28-21(29)18-9-14-7-8-27-12-19(14)32-18/h1-10,12H,11H2,(H,28,29). The molecule has 0 fully saturated rings. The van der Waals surface area contributed by atoms with Crippen molar-refractivity contribution in [1.29, 1.82) is 0 Å². The molecule has 0 saturated heterocycles. The van der Waals surface area contributed by atoms with Crippen molar-refractivity contribution in [3.63, 3.8) is 0 Å². The first-order valence-corrected chi connectivity index (χ1v) is 11.7. The quantitative estimate of drug-likeness (QED) is 0.305. The van der Waals surface area contributed by atoms with E-state index < -0.39 is 32.3 Å². The Kier molecular flexibility index (Phi) is 5.93. The molecule has 0 aliphatic heterocycles. The SMILES string of the molecule is O=C(NCc1ccc(S(=O)(=O)c2ccc(F)cc2C(F)(F)F)cc1)c1cc2ccncc2s1. The average molecular weight is 494 g/mol. The van der Waals surface area contributed by atoms with Gasteiger partial charge in [0.05, 0.1) is 24.9 Å². The van der Waals surface area contributed by atoms with Crippen LogP contribution < -0.4 is 5.32 Å². The highest BCUT2D eigenvalue weighted by atomic mass is 32.2. The van der Waals surface area contributed by atoms with E-state index in [-0.39, 0.29) is 23.4 Å². The van der Waals surface area contributed by atoms with E-state index >= 15 is 0 Å². The molecule has 0 saturated carbocycles. The van der Waals surface area contributed by atoms with Crippen LogP contribution >= 0.6 is 11.3 Å². The molecule has 2 aromatic heterocycles. The number of nitrogens with one attached hydrogen (secondary N) is 1. The summed E-state index contributed by atoms with van der Waals surface area (Å²) in [7, 11) is -4.55. The van der Waals surface area contributed by atoms with Crippen molar-refractivity contribution in [2.24, 2.45) is 0 Å². The van der Waals surface area contributed by atoms with Crippen molar-refractivity contribution >= 4 is 37.2 Å². The molecule has 0 radical (unpaired) electrons. The predicted octanol–water partition coefficient (Wildman–Crippen LogP) is 5.22. The van der Waals surface area contributed by atoms with Crippen LogP contribution in [0.4, 0.5) is 17.6 Å². The number of aromatic nitrogens is 1. The van der Waals surface area contributed by atoms with Crippen molar-refractivity contribution in [2.45, 2.75) is 22.5 Å². The molecule has 33 heavy (non-hydrogen) atoms. The van der Waals surface area contributed by atoms with Crippen LogP contribution in [0.2, 0.25) is 0 Å². The maximum Gasteiger partial charge on any atom is 0.417 e. The molecule has 0 atom stereocenters. The van der Waals surface area contributed by atoms with Crippen LogP contribution in [0.1, 0.15) is 20.8 Å². The molecule has 0 bridgehead atoms. The Morgan fingerprint density at radius 1 is 1.03 bits per heavy atom. The van der Waals surface area contributed by atoms with E-state index in [1.807, 2.05) is 0 Å². The highest BCUT2D eigenvalue weighted by Crippen LogP contribution is 2.37. The summed E-state index contributed by atoms with van der Waals surface area (Å²) in [5, 5.41) is 3.60. The van der Waals surface area contributed by atoms with Crippen molar-refractivity contribution in [1.82, 2.24) is 10.3 Å². The molecule has 2 heterocycles. The number of hydrogen-bond donors (Lipinski definition) is 1. The van der Waals surface area contributed by atoms with Gasteiger partial charge < -0.3 is 5.32 Å². The van der Waals surface area contributed by atoms with Crippen molar-refractivity contribution in [3.05, 3.63) is 88.8 Å². The number of alkyl halides is 3. The van der Waals surface area contributed by atoms with Gasteiger partial charge in [0.1, 0.15) is 5.82 Å². The molecule has 0 unspecified atom stereocenters. The number of carbonyl (C=O) groups is 1. The third kappa shape index (κ3) is 4.74. The van der Waals surface area contributed by atoms with E-state index in [9.17, 15) is 30.8 Å². The number of nitrogens with zero attached hydrogens (tertiary/aromatic N) is 1. The van der Waals surface area contributed by atoms with E-state index in [0.29, 0.717) is 22.6 Å². The van der Waals surface area contributed by atoms with E-state index in [2.05, 4.69) is 10.3 Å². The van der Waals surface area contributed by atoms with E-state index in [0.717, 1.165) is 22.2 Å². The Morgan fingerprint density at radius 3 is 2.42 bits per heavy atom. The van der Waals surface area contributed by atoms with Gasteiger partial charge in [-0.05, 0) is 53.4 Å². The second-order valence-corrected chi connectivity index (χ2v) is 9.99. The molecule has 0 aliphatic carbocycles. The fourth-order valence-corrected chi connectivity index (χ4v) is 5.54. The Labute approximate surface area is 189 Å². The first-order chi connectivity index (χ1) is 15.6. The van der Waals surface area contributed by atoms with Gasteiger partial charge in [0, 0.05) is 18.9 Å². The van der Waals surface area contributed by atoms with Crippen LogP contribution in [-0.4, -0.2) is 19.3 Å². The van der Waals surface area contributed by atoms with Crippen LogP contribution in [0.3, 0.4) is 0 Å². The molecule has 5 nitrogen and oxygen atoms in total. The van der Waals surface area contributed by atoms with Crippen molar-refractivity contribution in [2.75, 3.05) is 0 Å². The van der Waals surface area contributed by atoms with E-state index in [1.165, 1.54) is 23.5 Å². The van der Waals surface area contributed by atoms with Crippen LogP contribution in [0.5, 0.6) is 0 Å². The Hall–Kier alpha value is -3.31. The molecular formula is C22H14F4N2O3S2. The largest absolute Gasteiger partial charge is 0.417 e. The zero-order chi connectivity index (χ0) is 23.8. The van der Waals surface area contributed by atoms with Gasteiger partial charge in [-0.1, -0.05) is 12.1 Å². The number of benzene rings is 2. The van der Waals surface area contributed by atoms with Gasteiger partial charge in [-0.2, -0.15) is 13.2 Å². The third-order valence-corrected chi connectivity index (χ3v) is 7.68. The predicted molar refractivity (Wildman–Crippen MR) is 114 cm³/mol. The van der Waals surface area contributed by atoms with Crippen LogP contribution in [-0.2, 0) is 22.6 Å². The number of rotatable bonds is 5. The van der Waals surface area contributed by atoms with Gasteiger partial charge >= 0.3 is 6.18 Å². The normalized spacial score (nSPS) is 12.1. The maximum atomic E-state index is 13.3. The first-order valence-electron chi connectivity index (χ1n) is 9.38. The molecular weight excluding hydrogens is 480 g/mol. The molecule has 4 aromatic rings. The first kappa shape index (κ1) is 22.9. The molecule has 170 valence electrons. The molecule has 1 N–H and O–H groups in total. The van der Waals surface area contributed by atoms with Gasteiger partial charge in [-0.25, -0.2) is 12.8 Å². The minimum absolute atomic E-state index is 0.0794. The van der Waals surface area contributed by atoms with E-state index in [1.54, 1.807) is 24.5 Å². The summed E-state index contributed by atoms with van der Waals surface area (Å²) in [6, 6.07) is 9.99. The summed E-state index contributed by atoms with van der Waals surface area (Å²) in [5.41, 5.74) is -1.03. The molecule has 0 spiro atoms. The minimum atomic E-state index is -5.04. The van der Waals surface area contributed by atoms with Crippen molar-refractivity contribution in [3.8, 4) is 0 Å². The monoisotopic (exact) mass is 494 g/mol. The zero-order valence-electron chi connectivity index (χ0n) is 16.6. The highest BCUT2D eigenvalue weighted by Gasteiger charge is 2.38. The summed E-state index contributed by atoms with van der Waals surface area (Å²) in [5.74, 6) is -1.52. The van der Waals surface area contributed by atoms with Gasteiger partial charge in [0.25, 0.3) is 5.91 Å². The second kappa shape index (κ2) is 8.56. The van der Waals surface area contributed by atoms with Crippen LogP contribution in [0, 0.1) is 5.82 Å². The molecule has 1 amide bonds. The number of carbonyl (C=O) groups excluding carboxylic acids is 1. The van der Waals surface area contributed by atoms with Crippen LogP contribution in [0.25, 0.3) is 10.1 Å². The summed E-state index contributed by atoms with van der Waals surface area (Å²) < 4.78 is 79.5. The topological polar surface area (TPSA) is 76.1 Å². The Morgan fingerprint density at radius 2 is 1.76 bits per heavy atom. The Bertz CT molecular complexity index is 1410. The second-order valence-electron chi connectivity index (χ2n) is 6.99. The molecule has 0 aliphatic rings. The zero-order valence-corrected chi connectivity index (χ0v) is 18.2. The molecule has 4 rings (SSSR count). The summed E-state index contributed by atoms with van der Waals surface area (Å²) in [6.07, 6.45) is -1.77. The smallest absolute Gasteiger partial charge is 0.347 e. The number of sulfone groups is 1. The fraction of sp³-hybridized carbons (Fsp3) is 0.0909. The molecule has 11 heteroatoms. The maximum absolute atomic E-state index is 13.3. The van der Waals surface area contributed by atoms with Gasteiger partial charge in [0.2, 0.25) is 9.84 Å². The summed E-state index contributed by atoms with van der Waals surface area (Å²) in [6.45, 7) is 0.0794. The van der Waals surface area contributed by atoms with Gasteiger partial charge in [-0.3, -0.25) is 9.78 Å². The fourth-order valence-electron chi connectivity index (χ4n) is 3.14. The number of amides is 1.